The Balaban J connectivity index is 1.88. The Morgan fingerprint density at radius 2 is 1.65 bits per heavy atom. The van der Waals surface area contributed by atoms with Crippen molar-refractivity contribution in [1.82, 2.24) is 4.57 Å². The van der Waals surface area contributed by atoms with Gasteiger partial charge in [-0.05, 0) is 29.3 Å². The summed E-state index contributed by atoms with van der Waals surface area (Å²) in [6.07, 6.45) is 2.19. The van der Waals surface area contributed by atoms with E-state index in [1.807, 2.05) is 11.8 Å². The van der Waals surface area contributed by atoms with Gasteiger partial charge in [0.2, 0.25) is 0 Å². The van der Waals surface area contributed by atoms with Crippen LogP contribution in [0.3, 0.4) is 0 Å². The minimum atomic E-state index is 0.370. The zero-order valence-corrected chi connectivity index (χ0v) is 11.9. The van der Waals surface area contributed by atoms with Gasteiger partial charge in [0.05, 0.1) is 5.25 Å². The molecule has 0 amide bonds. The van der Waals surface area contributed by atoms with Gasteiger partial charge in [-0.25, -0.2) is 0 Å². The number of benzene rings is 2. The fraction of sp³-hybridized carbons (Fsp3) is 0.111. The highest BCUT2D eigenvalue weighted by Gasteiger charge is 2.23. The van der Waals surface area contributed by atoms with Gasteiger partial charge in [-0.2, -0.15) is 0 Å². The number of hydrogen-bond acceptors (Lipinski definition) is 1. The van der Waals surface area contributed by atoms with E-state index in [-0.39, 0.29) is 0 Å². The van der Waals surface area contributed by atoms with Gasteiger partial charge in [0.1, 0.15) is 0 Å². The van der Waals surface area contributed by atoms with Crippen LogP contribution in [0.25, 0.3) is 0 Å². The van der Waals surface area contributed by atoms with Crippen molar-refractivity contribution in [2.75, 3.05) is 0 Å². The average molecular weight is 277 g/mol. The first-order valence-corrected chi connectivity index (χ1v) is 7.74. The summed E-state index contributed by atoms with van der Waals surface area (Å²) in [5.41, 5.74) is 4.17. The summed E-state index contributed by atoms with van der Waals surface area (Å²) in [6, 6.07) is 23.9. The normalized spacial score (nSPS) is 17.1. The van der Waals surface area contributed by atoms with Gasteiger partial charge in [-0.1, -0.05) is 48.5 Å². The summed E-state index contributed by atoms with van der Waals surface area (Å²) in [5.74, 6) is 0. The van der Waals surface area contributed by atoms with Gasteiger partial charge in [0.15, 0.2) is 0 Å². The maximum Gasteiger partial charge on any atom is 0.0746 e. The number of aromatic nitrogens is 1. The molecule has 2 aromatic carbocycles. The molecule has 3 aromatic rings. The summed E-state index contributed by atoms with van der Waals surface area (Å²) < 4.78 is 2.37. The molecule has 2 heterocycles. The van der Waals surface area contributed by atoms with Crippen LogP contribution in [0.2, 0.25) is 0 Å². The van der Waals surface area contributed by atoms with E-state index < -0.39 is 0 Å². The Morgan fingerprint density at radius 3 is 2.55 bits per heavy atom. The lowest BCUT2D eigenvalue weighted by Crippen LogP contribution is -2.04. The summed E-state index contributed by atoms with van der Waals surface area (Å²) in [6.45, 7) is 0.967. The molecule has 1 aromatic heterocycles. The van der Waals surface area contributed by atoms with Crippen molar-refractivity contribution in [1.29, 1.82) is 0 Å². The predicted molar refractivity (Wildman–Crippen MR) is 84.1 cm³/mol. The van der Waals surface area contributed by atoms with Crippen LogP contribution in [-0.4, -0.2) is 4.57 Å². The molecule has 1 aliphatic rings. The Hall–Kier alpha value is -1.93. The van der Waals surface area contributed by atoms with Gasteiger partial charge in [-0.3, -0.25) is 0 Å². The maximum absolute atomic E-state index is 2.37. The molecule has 0 radical (unpaired) electrons. The molecule has 0 unspecified atom stereocenters. The predicted octanol–water partition coefficient (Wildman–Crippen LogP) is 4.73. The molecule has 20 heavy (non-hydrogen) atoms. The van der Waals surface area contributed by atoms with E-state index in [4.69, 9.17) is 0 Å². The van der Waals surface area contributed by atoms with E-state index in [1.165, 1.54) is 21.7 Å². The summed E-state index contributed by atoms with van der Waals surface area (Å²) in [4.78, 5) is 1.39. The van der Waals surface area contributed by atoms with Crippen molar-refractivity contribution >= 4 is 11.8 Å². The highest BCUT2D eigenvalue weighted by molar-refractivity contribution is 7.99. The lowest BCUT2D eigenvalue weighted by molar-refractivity contribution is 0.754. The zero-order valence-electron chi connectivity index (χ0n) is 11.1. The Morgan fingerprint density at radius 1 is 0.850 bits per heavy atom. The molecule has 4 rings (SSSR count). The van der Waals surface area contributed by atoms with E-state index in [0.29, 0.717) is 5.25 Å². The lowest BCUT2D eigenvalue weighted by Gasteiger charge is -2.16. The smallest absolute Gasteiger partial charge is 0.0746 e. The molecule has 2 heteroatoms. The quantitative estimate of drug-likeness (QED) is 0.622. The Bertz CT molecular complexity index is 730. The second-order valence-corrected chi connectivity index (χ2v) is 6.22. The molecule has 0 saturated carbocycles. The molecule has 98 valence electrons. The second kappa shape index (κ2) is 4.88. The van der Waals surface area contributed by atoms with E-state index in [0.717, 1.165) is 6.54 Å². The third-order valence-corrected chi connectivity index (χ3v) is 5.20. The highest BCUT2D eigenvalue weighted by Crippen LogP contribution is 2.44. The monoisotopic (exact) mass is 277 g/mol. The van der Waals surface area contributed by atoms with Gasteiger partial charge >= 0.3 is 0 Å². The summed E-state index contributed by atoms with van der Waals surface area (Å²) >= 11 is 1.96. The molecule has 0 fully saturated rings. The largest absolute Gasteiger partial charge is 0.346 e. The number of fused-ring (bicyclic) bond motifs is 2. The first-order chi connectivity index (χ1) is 9.92. The molecule has 0 N–H and O–H groups in total. The van der Waals surface area contributed by atoms with Crippen molar-refractivity contribution < 1.29 is 0 Å². The highest BCUT2D eigenvalue weighted by atomic mass is 32.2. The standard InChI is InChI=1S/C18H15NS/c1-2-7-14(8-3-1)18-16-10-6-12-19(16)13-15-9-4-5-11-17(15)20-18/h1-12,18H,13H2/t18-/m0/s1. The van der Waals surface area contributed by atoms with E-state index in [9.17, 15) is 0 Å². The molecular weight excluding hydrogens is 262 g/mol. The SMILES string of the molecule is c1ccc([C@@H]2Sc3ccccc3Cn3cccc32)cc1. The van der Waals surface area contributed by atoms with Crippen LogP contribution >= 0.6 is 11.8 Å². The maximum atomic E-state index is 2.37. The molecule has 0 spiro atoms. The average Bonchev–Trinajstić information content (AvgIpc) is 2.89. The number of hydrogen-bond donors (Lipinski definition) is 0. The van der Waals surface area contributed by atoms with Crippen molar-refractivity contribution in [3.05, 3.63) is 89.7 Å². The van der Waals surface area contributed by atoms with Crippen LogP contribution < -0.4 is 0 Å². The number of rotatable bonds is 1. The third kappa shape index (κ3) is 1.97. The van der Waals surface area contributed by atoms with Crippen LogP contribution in [0.15, 0.2) is 77.8 Å². The van der Waals surface area contributed by atoms with Crippen LogP contribution in [0, 0.1) is 0 Å². The fourth-order valence-corrected chi connectivity index (χ4v) is 4.12. The molecule has 0 saturated heterocycles. The molecule has 0 bridgehead atoms. The van der Waals surface area contributed by atoms with Gasteiger partial charge < -0.3 is 4.57 Å². The second-order valence-electron chi connectivity index (χ2n) is 5.08. The number of nitrogens with zero attached hydrogens (tertiary/aromatic N) is 1. The molecular formula is C18H15NS. The van der Waals surface area contributed by atoms with Gasteiger partial charge in [-0.15, -0.1) is 11.8 Å². The molecule has 0 aliphatic carbocycles. The minimum absolute atomic E-state index is 0.370. The zero-order chi connectivity index (χ0) is 13.4. The van der Waals surface area contributed by atoms with E-state index in [1.54, 1.807) is 0 Å². The molecule has 1 aliphatic heterocycles. The lowest BCUT2D eigenvalue weighted by atomic mass is 10.1. The van der Waals surface area contributed by atoms with E-state index >= 15 is 0 Å². The van der Waals surface area contributed by atoms with Crippen LogP contribution in [0.1, 0.15) is 22.1 Å². The first-order valence-electron chi connectivity index (χ1n) is 6.86. The van der Waals surface area contributed by atoms with Crippen molar-refractivity contribution in [2.24, 2.45) is 0 Å². The van der Waals surface area contributed by atoms with Crippen molar-refractivity contribution in [3.8, 4) is 0 Å². The van der Waals surface area contributed by atoms with Crippen LogP contribution in [0.4, 0.5) is 0 Å². The van der Waals surface area contributed by atoms with Crippen LogP contribution in [0.5, 0.6) is 0 Å². The Labute approximate surface area is 123 Å². The van der Waals surface area contributed by atoms with Crippen LogP contribution in [-0.2, 0) is 6.54 Å². The van der Waals surface area contributed by atoms with Crippen molar-refractivity contribution in [2.45, 2.75) is 16.7 Å². The number of thioether (sulfide) groups is 1. The minimum Gasteiger partial charge on any atom is -0.346 e. The third-order valence-electron chi connectivity index (χ3n) is 3.79. The summed E-state index contributed by atoms with van der Waals surface area (Å²) in [5, 5.41) is 0.370. The van der Waals surface area contributed by atoms with Gasteiger partial charge in [0, 0.05) is 23.3 Å². The van der Waals surface area contributed by atoms with Gasteiger partial charge in [0.25, 0.3) is 0 Å². The van der Waals surface area contributed by atoms with Crippen molar-refractivity contribution in [3.63, 3.8) is 0 Å². The topological polar surface area (TPSA) is 4.93 Å². The molecule has 1 atom stereocenters. The Kier molecular flexibility index (Phi) is 2.89. The molecule has 1 nitrogen and oxygen atoms in total. The van der Waals surface area contributed by atoms with E-state index in [2.05, 4.69) is 77.5 Å². The fourth-order valence-electron chi connectivity index (χ4n) is 2.80. The summed E-state index contributed by atoms with van der Waals surface area (Å²) in [7, 11) is 0. The first kappa shape index (κ1) is 11.9.